The van der Waals surface area contributed by atoms with Gasteiger partial charge in [0, 0.05) is 15.6 Å². The van der Waals surface area contributed by atoms with Crippen LogP contribution in [-0.4, -0.2) is 11.1 Å². The van der Waals surface area contributed by atoms with Gasteiger partial charge in [-0.1, -0.05) is 11.6 Å². The van der Waals surface area contributed by atoms with E-state index in [0.29, 0.717) is 16.6 Å². The zero-order valence-electron chi connectivity index (χ0n) is 9.33. The van der Waals surface area contributed by atoms with Crippen LogP contribution in [0.3, 0.4) is 0 Å². The lowest BCUT2D eigenvalue weighted by Gasteiger charge is -2.08. The fourth-order valence-corrected chi connectivity index (χ4v) is 2.12. The van der Waals surface area contributed by atoms with E-state index >= 15 is 0 Å². The number of nitrogens with one attached hydrogen (secondary N) is 1. The van der Waals surface area contributed by atoms with Gasteiger partial charge in [-0.2, -0.15) is 0 Å². The summed E-state index contributed by atoms with van der Waals surface area (Å²) in [5, 5.41) is 12.3. The first kappa shape index (κ1) is 13.0. The minimum Gasteiger partial charge on any atom is -0.475 e. The third kappa shape index (κ3) is 2.68. The highest BCUT2D eigenvalue weighted by Gasteiger charge is 2.10. The molecule has 2 rings (SSSR count). The van der Waals surface area contributed by atoms with Gasteiger partial charge in [0.15, 0.2) is 5.88 Å². The van der Waals surface area contributed by atoms with Crippen molar-refractivity contribution in [3.63, 3.8) is 0 Å². The molecule has 0 saturated carbocycles. The van der Waals surface area contributed by atoms with Gasteiger partial charge in [-0.05, 0) is 46.6 Å². The molecular weight excluding hydrogens is 321 g/mol. The summed E-state index contributed by atoms with van der Waals surface area (Å²) in [6.07, 6.45) is 0. The molecule has 0 saturated heterocycles. The Morgan fingerprint density at radius 2 is 2.17 bits per heavy atom. The number of hydrogen-bond acceptors (Lipinski definition) is 3. The topological polar surface area (TPSA) is 62.5 Å². The maximum atomic E-state index is 10.7. The molecule has 4 nitrogen and oxygen atoms in total. The van der Waals surface area contributed by atoms with Crippen LogP contribution in [0.2, 0.25) is 5.02 Å². The predicted molar refractivity (Wildman–Crippen MR) is 72.8 cm³/mol. The van der Waals surface area contributed by atoms with Crippen molar-refractivity contribution in [3.05, 3.63) is 45.1 Å². The van der Waals surface area contributed by atoms with Crippen molar-refractivity contribution < 1.29 is 14.3 Å². The molecule has 18 heavy (non-hydrogen) atoms. The van der Waals surface area contributed by atoms with Crippen LogP contribution in [-0.2, 0) is 0 Å². The highest BCUT2D eigenvalue weighted by Crippen LogP contribution is 2.31. The summed E-state index contributed by atoms with van der Waals surface area (Å²) in [7, 11) is 0. The van der Waals surface area contributed by atoms with Crippen molar-refractivity contribution in [2.24, 2.45) is 0 Å². The smallest absolute Gasteiger partial charge is 0.371 e. The molecule has 1 aromatic heterocycles. The second-order valence-electron chi connectivity index (χ2n) is 3.68. The van der Waals surface area contributed by atoms with Gasteiger partial charge < -0.3 is 14.8 Å². The van der Waals surface area contributed by atoms with Gasteiger partial charge in [0.2, 0.25) is 5.76 Å². The Labute approximate surface area is 117 Å². The van der Waals surface area contributed by atoms with E-state index in [1.54, 1.807) is 12.1 Å². The molecule has 0 bridgehead atoms. The van der Waals surface area contributed by atoms with Gasteiger partial charge >= 0.3 is 5.97 Å². The number of benzene rings is 1. The van der Waals surface area contributed by atoms with Crippen molar-refractivity contribution in [2.45, 2.75) is 6.92 Å². The zero-order valence-corrected chi connectivity index (χ0v) is 11.7. The van der Waals surface area contributed by atoms with Crippen LogP contribution < -0.4 is 5.32 Å². The van der Waals surface area contributed by atoms with Crippen molar-refractivity contribution in [1.82, 2.24) is 0 Å². The van der Waals surface area contributed by atoms with Crippen molar-refractivity contribution in [2.75, 3.05) is 5.32 Å². The van der Waals surface area contributed by atoms with Crippen molar-refractivity contribution >= 4 is 45.1 Å². The molecule has 0 radical (unpaired) electrons. The molecule has 0 spiro atoms. The number of furan rings is 1. The highest BCUT2D eigenvalue weighted by molar-refractivity contribution is 9.10. The molecule has 2 aromatic rings. The lowest BCUT2D eigenvalue weighted by Crippen LogP contribution is -1.93. The zero-order chi connectivity index (χ0) is 13.3. The predicted octanol–water partition coefficient (Wildman–Crippen LogP) is 4.45. The summed E-state index contributed by atoms with van der Waals surface area (Å²) in [4.78, 5) is 10.7. The second kappa shape index (κ2) is 5.04. The van der Waals surface area contributed by atoms with Crippen LogP contribution in [0.15, 0.2) is 33.2 Å². The van der Waals surface area contributed by atoms with E-state index in [0.717, 1.165) is 10.0 Å². The Hall–Kier alpha value is -1.46. The fraction of sp³-hybridized carbons (Fsp3) is 0.0833. The molecule has 1 aromatic carbocycles. The number of rotatable bonds is 3. The number of carbonyl (C=O) groups is 1. The third-order valence-electron chi connectivity index (χ3n) is 2.32. The van der Waals surface area contributed by atoms with Crippen LogP contribution in [0.4, 0.5) is 11.6 Å². The minimum atomic E-state index is -1.11. The van der Waals surface area contributed by atoms with Crippen LogP contribution >= 0.6 is 27.5 Å². The number of aryl methyl sites for hydroxylation is 1. The largest absolute Gasteiger partial charge is 0.475 e. The summed E-state index contributed by atoms with van der Waals surface area (Å²) < 4.78 is 5.92. The van der Waals surface area contributed by atoms with Crippen molar-refractivity contribution in [3.8, 4) is 0 Å². The molecule has 6 heteroatoms. The molecule has 0 aliphatic carbocycles. The summed E-state index contributed by atoms with van der Waals surface area (Å²) in [6.45, 7) is 1.90. The van der Waals surface area contributed by atoms with Crippen LogP contribution in [0, 0.1) is 6.92 Å². The Balaban J connectivity index is 2.28. The molecule has 0 aliphatic rings. The maximum absolute atomic E-state index is 10.7. The number of carboxylic acid groups (broad SMARTS) is 1. The monoisotopic (exact) mass is 329 g/mol. The number of carboxylic acids is 1. The van der Waals surface area contributed by atoms with Gasteiger partial charge in [-0.15, -0.1) is 0 Å². The molecule has 0 aliphatic heterocycles. The van der Waals surface area contributed by atoms with Gasteiger partial charge in [-0.3, -0.25) is 0 Å². The molecular formula is C12H9BrClNO3. The Morgan fingerprint density at radius 3 is 2.78 bits per heavy atom. The highest BCUT2D eigenvalue weighted by atomic mass is 79.9. The van der Waals surface area contributed by atoms with Crippen molar-refractivity contribution in [1.29, 1.82) is 0 Å². The fourth-order valence-electron chi connectivity index (χ4n) is 1.39. The number of hydrogen-bond donors (Lipinski definition) is 2. The van der Waals surface area contributed by atoms with E-state index in [1.165, 1.54) is 6.07 Å². The van der Waals surface area contributed by atoms with E-state index < -0.39 is 5.97 Å². The number of halogens is 2. The number of anilines is 2. The van der Waals surface area contributed by atoms with Crippen LogP contribution in [0.1, 0.15) is 16.1 Å². The van der Waals surface area contributed by atoms with E-state index in [-0.39, 0.29) is 5.76 Å². The Bertz CT molecular complexity index is 609. The summed E-state index contributed by atoms with van der Waals surface area (Å²) >= 11 is 9.42. The Morgan fingerprint density at radius 1 is 1.44 bits per heavy atom. The van der Waals surface area contributed by atoms with Gasteiger partial charge in [0.1, 0.15) is 0 Å². The molecule has 0 amide bonds. The molecule has 2 N–H and O–H groups in total. The average molecular weight is 331 g/mol. The van der Waals surface area contributed by atoms with Gasteiger partial charge in [0.05, 0.1) is 5.69 Å². The SMILES string of the molecule is Cc1cc(Br)c(Nc2ccc(C(=O)O)o2)cc1Cl. The third-order valence-corrected chi connectivity index (χ3v) is 3.39. The molecule has 0 atom stereocenters. The first-order chi connectivity index (χ1) is 8.47. The standard InChI is InChI=1S/C12H9BrClNO3/c1-6-4-7(13)9(5-8(6)14)15-11-3-2-10(18-11)12(16)17/h2-5,15H,1H3,(H,16,17). The summed E-state index contributed by atoms with van der Waals surface area (Å²) in [6, 6.07) is 6.54. The maximum Gasteiger partial charge on any atom is 0.371 e. The lowest BCUT2D eigenvalue weighted by atomic mass is 10.2. The summed E-state index contributed by atoms with van der Waals surface area (Å²) in [5.74, 6) is -0.885. The van der Waals surface area contributed by atoms with Crippen LogP contribution in [0.5, 0.6) is 0 Å². The first-order valence-electron chi connectivity index (χ1n) is 5.03. The summed E-state index contributed by atoms with van der Waals surface area (Å²) in [5.41, 5.74) is 1.65. The number of aromatic carboxylic acids is 1. The molecule has 94 valence electrons. The lowest BCUT2D eigenvalue weighted by molar-refractivity contribution is 0.0663. The first-order valence-corrected chi connectivity index (χ1v) is 6.20. The minimum absolute atomic E-state index is 0.119. The van der Waals surface area contributed by atoms with Gasteiger partial charge in [-0.25, -0.2) is 4.79 Å². The van der Waals surface area contributed by atoms with E-state index in [9.17, 15) is 4.79 Å². The average Bonchev–Trinajstić information content (AvgIpc) is 2.74. The van der Waals surface area contributed by atoms with E-state index in [4.69, 9.17) is 21.1 Å². The quantitative estimate of drug-likeness (QED) is 0.873. The van der Waals surface area contributed by atoms with E-state index in [2.05, 4.69) is 21.2 Å². The van der Waals surface area contributed by atoms with E-state index in [1.807, 2.05) is 13.0 Å². The van der Waals surface area contributed by atoms with Gasteiger partial charge in [0.25, 0.3) is 0 Å². The van der Waals surface area contributed by atoms with Crippen LogP contribution in [0.25, 0.3) is 0 Å². The Kier molecular flexibility index (Phi) is 3.63. The second-order valence-corrected chi connectivity index (χ2v) is 4.94. The normalized spacial score (nSPS) is 10.4. The molecule has 0 unspecified atom stereocenters. The molecule has 0 fully saturated rings. The molecule has 1 heterocycles.